The van der Waals surface area contributed by atoms with Crippen LogP contribution in [0.3, 0.4) is 0 Å². The summed E-state index contributed by atoms with van der Waals surface area (Å²) in [7, 11) is -3.26. The normalized spacial score (nSPS) is 11.9. The van der Waals surface area contributed by atoms with Crippen LogP contribution in [0.25, 0.3) is 22.4 Å². The van der Waals surface area contributed by atoms with E-state index in [0.29, 0.717) is 12.1 Å². The first-order valence-corrected chi connectivity index (χ1v) is 9.60. The summed E-state index contributed by atoms with van der Waals surface area (Å²) in [5.41, 5.74) is -1.33. The molecule has 154 valence electrons. The molecular formula is C17H11ClF4N2O4S. The Morgan fingerprint density at radius 3 is 2.45 bits per heavy atom. The average Bonchev–Trinajstić information content (AvgIpc) is 3.08. The molecule has 2 aromatic carbocycles. The maximum absolute atomic E-state index is 14.6. The molecule has 0 aliphatic carbocycles. The van der Waals surface area contributed by atoms with Gasteiger partial charge in [0.25, 0.3) is 6.43 Å². The topological polar surface area (TPSA) is 95.4 Å². The molecule has 12 heteroatoms. The number of alkyl halides is 2. The zero-order valence-electron chi connectivity index (χ0n) is 14.4. The van der Waals surface area contributed by atoms with Gasteiger partial charge >= 0.3 is 0 Å². The first kappa shape index (κ1) is 21.1. The minimum Gasteiger partial charge on any atom is -0.495 e. The second kappa shape index (κ2) is 7.65. The Hall–Kier alpha value is -2.63. The van der Waals surface area contributed by atoms with E-state index in [4.69, 9.17) is 21.5 Å². The van der Waals surface area contributed by atoms with Crippen molar-refractivity contribution in [2.75, 3.05) is 7.11 Å². The molecule has 0 atom stereocenters. The molecule has 3 aromatic rings. The standard InChI is InChI=1S/C17H11ClF4N2O4S/c1-27-12-4-7(2-3-9(12)18)15-14(16(17(21)22)28-24-15)8-5-11(20)13(6-10(8)19)29(23,25)26/h2-6,17H,1H3,(H2,23,25,26). The fraction of sp³-hybridized carbons (Fsp3) is 0.118. The Bertz CT molecular complexity index is 1200. The van der Waals surface area contributed by atoms with Crippen LogP contribution in [-0.2, 0) is 10.0 Å². The molecule has 0 spiro atoms. The van der Waals surface area contributed by atoms with Crippen LogP contribution >= 0.6 is 11.6 Å². The minimum atomic E-state index is -4.58. The number of nitrogens with two attached hydrogens (primary N) is 1. The molecule has 0 aliphatic heterocycles. The van der Waals surface area contributed by atoms with Gasteiger partial charge < -0.3 is 9.26 Å². The van der Waals surface area contributed by atoms with Crippen molar-refractivity contribution in [1.29, 1.82) is 0 Å². The van der Waals surface area contributed by atoms with Gasteiger partial charge in [0.15, 0.2) is 0 Å². The quantitative estimate of drug-likeness (QED) is 0.576. The van der Waals surface area contributed by atoms with Gasteiger partial charge in [-0.1, -0.05) is 22.8 Å². The van der Waals surface area contributed by atoms with E-state index in [1.54, 1.807) is 0 Å². The Kier molecular flexibility index (Phi) is 5.57. The molecule has 2 N–H and O–H groups in total. The first-order chi connectivity index (χ1) is 13.5. The van der Waals surface area contributed by atoms with E-state index in [9.17, 15) is 26.0 Å². The number of rotatable bonds is 5. The van der Waals surface area contributed by atoms with Crippen molar-refractivity contribution >= 4 is 21.6 Å². The summed E-state index contributed by atoms with van der Waals surface area (Å²) in [5, 5.41) is 8.59. The van der Waals surface area contributed by atoms with Crippen LogP contribution in [0.15, 0.2) is 39.8 Å². The fourth-order valence-corrected chi connectivity index (χ4v) is 3.45. The largest absolute Gasteiger partial charge is 0.495 e. The summed E-state index contributed by atoms with van der Waals surface area (Å²) < 4.78 is 88.2. The lowest BCUT2D eigenvalue weighted by atomic mass is 9.98. The Labute approximate surface area is 166 Å². The molecule has 0 amide bonds. The van der Waals surface area contributed by atoms with Gasteiger partial charge in [-0.15, -0.1) is 0 Å². The number of hydrogen-bond donors (Lipinski definition) is 1. The third kappa shape index (κ3) is 3.93. The van der Waals surface area contributed by atoms with Crippen LogP contribution in [0.5, 0.6) is 5.75 Å². The molecular weight excluding hydrogens is 440 g/mol. The van der Waals surface area contributed by atoms with Gasteiger partial charge in [0.05, 0.1) is 17.7 Å². The molecule has 1 aromatic heterocycles. The summed E-state index contributed by atoms with van der Waals surface area (Å²) in [6.45, 7) is 0. The monoisotopic (exact) mass is 450 g/mol. The van der Waals surface area contributed by atoms with Crippen LogP contribution in [-0.4, -0.2) is 20.7 Å². The van der Waals surface area contributed by atoms with Gasteiger partial charge in [-0.2, -0.15) is 0 Å². The van der Waals surface area contributed by atoms with Gasteiger partial charge in [0.1, 0.15) is 28.0 Å². The highest BCUT2D eigenvalue weighted by atomic mass is 35.5. The summed E-state index contributed by atoms with van der Waals surface area (Å²) in [6.07, 6.45) is -3.22. The zero-order chi connectivity index (χ0) is 21.5. The molecule has 0 radical (unpaired) electrons. The number of hydrogen-bond acceptors (Lipinski definition) is 5. The molecule has 0 saturated heterocycles. The molecule has 1 heterocycles. The first-order valence-electron chi connectivity index (χ1n) is 7.68. The van der Waals surface area contributed by atoms with E-state index in [1.807, 2.05) is 0 Å². The molecule has 29 heavy (non-hydrogen) atoms. The zero-order valence-corrected chi connectivity index (χ0v) is 16.0. The number of nitrogens with zero attached hydrogens (tertiary/aromatic N) is 1. The highest BCUT2D eigenvalue weighted by molar-refractivity contribution is 7.89. The summed E-state index contributed by atoms with van der Waals surface area (Å²) >= 11 is 5.94. The number of ether oxygens (including phenoxy) is 1. The number of primary sulfonamides is 1. The predicted octanol–water partition coefficient (Wildman–Crippen LogP) is 4.53. The lowest BCUT2D eigenvalue weighted by Gasteiger charge is -2.10. The average molecular weight is 451 g/mol. The number of aromatic nitrogens is 1. The van der Waals surface area contributed by atoms with E-state index in [-0.39, 0.29) is 22.0 Å². The van der Waals surface area contributed by atoms with Crippen LogP contribution in [0.2, 0.25) is 5.02 Å². The van der Waals surface area contributed by atoms with Crippen molar-refractivity contribution in [3.05, 3.63) is 52.7 Å². The number of sulfonamides is 1. The van der Waals surface area contributed by atoms with Crippen molar-refractivity contribution < 1.29 is 35.2 Å². The third-order valence-corrected chi connectivity index (χ3v) is 5.18. The van der Waals surface area contributed by atoms with Gasteiger partial charge in [-0.3, -0.25) is 0 Å². The Balaban J connectivity index is 2.30. The number of halogens is 5. The van der Waals surface area contributed by atoms with E-state index < -0.39 is 49.9 Å². The predicted molar refractivity (Wildman–Crippen MR) is 95.2 cm³/mol. The number of methoxy groups -OCH3 is 1. The molecule has 0 aliphatic rings. The van der Waals surface area contributed by atoms with Crippen molar-refractivity contribution in [2.24, 2.45) is 5.14 Å². The smallest absolute Gasteiger partial charge is 0.298 e. The number of benzene rings is 2. The van der Waals surface area contributed by atoms with E-state index >= 15 is 0 Å². The van der Waals surface area contributed by atoms with Crippen LogP contribution < -0.4 is 9.88 Å². The maximum atomic E-state index is 14.6. The molecule has 3 rings (SSSR count). The van der Waals surface area contributed by atoms with Crippen LogP contribution in [0.4, 0.5) is 17.6 Å². The van der Waals surface area contributed by atoms with E-state index in [2.05, 4.69) is 9.68 Å². The maximum Gasteiger partial charge on any atom is 0.298 e. The van der Waals surface area contributed by atoms with Gasteiger partial charge in [-0.25, -0.2) is 31.1 Å². The summed E-state index contributed by atoms with van der Waals surface area (Å²) in [5.74, 6) is -3.60. The summed E-state index contributed by atoms with van der Waals surface area (Å²) in [4.78, 5) is -1.12. The molecule has 0 saturated carbocycles. The van der Waals surface area contributed by atoms with Crippen molar-refractivity contribution in [2.45, 2.75) is 11.3 Å². The lowest BCUT2D eigenvalue weighted by molar-refractivity contribution is 0.113. The van der Waals surface area contributed by atoms with Gasteiger partial charge in [-0.05, 0) is 24.3 Å². The second-order valence-electron chi connectivity index (χ2n) is 5.73. The fourth-order valence-electron chi connectivity index (χ4n) is 2.65. The summed E-state index contributed by atoms with van der Waals surface area (Å²) in [6, 6.07) is 4.84. The third-order valence-electron chi connectivity index (χ3n) is 3.94. The SMILES string of the molecule is COc1cc(-c2noc(C(F)F)c2-c2cc(F)c(S(N)(=O)=O)cc2F)ccc1Cl. The molecule has 6 nitrogen and oxygen atoms in total. The van der Waals surface area contributed by atoms with Crippen LogP contribution in [0.1, 0.15) is 12.2 Å². The van der Waals surface area contributed by atoms with Crippen molar-refractivity contribution in [3.63, 3.8) is 0 Å². The lowest BCUT2D eigenvalue weighted by Crippen LogP contribution is -2.14. The molecule has 0 bridgehead atoms. The van der Waals surface area contributed by atoms with Crippen molar-refractivity contribution in [1.82, 2.24) is 5.16 Å². The Morgan fingerprint density at radius 2 is 1.86 bits per heavy atom. The van der Waals surface area contributed by atoms with E-state index in [0.717, 1.165) is 0 Å². The Morgan fingerprint density at radius 1 is 1.17 bits per heavy atom. The van der Waals surface area contributed by atoms with Gasteiger partial charge in [0, 0.05) is 11.1 Å². The van der Waals surface area contributed by atoms with E-state index in [1.165, 1.54) is 25.3 Å². The minimum absolute atomic E-state index is 0.159. The van der Waals surface area contributed by atoms with Crippen LogP contribution in [0, 0.1) is 11.6 Å². The highest BCUT2D eigenvalue weighted by Crippen LogP contribution is 2.42. The van der Waals surface area contributed by atoms with Gasteiger partial charge in [0.2, 0.25) is 15.8 Å². The van der Waals surface area contributed by atoms with Crippen molar-refractivity contribution in [3.8, 4) is 28.1 Å². The highest BCUT2D eigenvalue weighted by Gasteiger charge is 2.30. The molecule has 0 unspecified atom stereocenters. The second-order valence-corrected chi connectivity index (χ2v) is 7.66. The molecule has 0 fully saturated rings.